The monoisotopic (exact) mass is 434 g/mol. The zero-order valence-electron chi connectivity index (χ0n) is 18.2. The molecule has 0 saturated heterocycles. The Hall–Kier alpha value is -4.88. The van der Waals surface area contributed by atoms with Gasteiger partial charge in [-0.15, -0.1) is 0 Å². The Kier molecular flexibility index (Phi) is 3.88. The first-order valence-electron chi connectivity index (χ1n) is 11.2. The van der Waals surface area contributed by atoms with Crippen LogP contribution in [0, 0.1) is 11.3 Å². The molecule has 0 amide bonds. The second kappa shape index (κ2) is 7.06. The summed E-state index contributed by atoms with van der Waals surface area (Å²) >= 11 is 0. The average Bonchev–Trinajstić information content (AvgIpc) is 3.40. The Morgan fingerprint density at radius 3 is 1.74 bits per heavy atom. The van der Waals surface area contributed by atoms with Crippen LogP contribution in [0.2, 0.25) is 0 Å². The second-order valence-electron chi connectivity index (χ2n) is 8.43. The molecule has 0 unspecified atom stereocenters. The van der Waals surface area contributed by atoms with E-state index < -0.39 is 0 Å². The average molecular weight is 435 g/mol. The van der Waals surface area contributed by atoms with Crippen molar-refractivity contribution in [2.45, 2.75) is 0 Å². The van der Waals surface area contributed by atoms with Crippen molar-refractivity contribution in [2.75, 3.05) is 0 Å². The van der Waals surface area contributed by atoms with Gasteiger partial charge in [-0.3, -0.25) is 9.13 Å². The van der Waals surface area contributed by atoms with E-state index >= 15 is 0 Å². The molecule has 3 heterocycles. The van der Waals surface area contributed by atoms with Crippen LogP contribution < -0.4 is 0 Å². The smallest absolute Gasteiger partial charge is 0.148 e. The summed E-state index contributed by atoms with van der Waals surface area (Å²) in [7, 11) is 0. The van der Waals surface area contributed by atoms with E-state index in [0.717, 1.165) is 49.9 Å². The quantitative estimate of drug-likeness (QED) is 0.290. The molecule has 4 nitrogen and oxygen atoms in total. The molecule has 0 bridgehead atoms. The zero-order chi connectivity index (χ0) is 22.6. The van der Waals surface area contributed by atoms with Crippen LogP contribution in [0.25, 0.3) is 55.2 Å². The van der Waals surface area contributed by atoms with E-state index in [2.05, 4.69) is 88.0 Å². The number of aromatic nitrogens is 3. The summed E-state index contributed by atoms with van der Waals surface area (Å²) in [5, 5.41) is 14.0. The Bertz CT molecular complexity index is 1920. The molecule has 0 N–H and O–H groups in total. The van der Waals surface area contributed by atoms with Crippen LogP contribution in [0.5, 0.6) is 0 Å². The van der Waals surface area contributed by atoms with Gasteiger partial charge in [-0.1, -0.05) is 60.7 Å². The van der Waals surface area contributed by atoms with E-state index in [4.69, 9.17) is 4.98 Å². The highest BCUT2D eigenvalue weighted by Crippen LogP contribution is 2.37. The minimum absolute atomic E-state index is 0.628. The summed E-state index contributed by atoms with van der Waals surface area (Å²) in [4.78, 5) is 5.30. The van der Waals surface area contributed by atoms with Gasteiger partial charge in [0.2, 0.25) is 0 Å². The van der Waals surface area contributed by atoms with E-state index in [1.54, 1.807) is 0 Å². The lowest BCUT2D eigenvalue weighted by Gasteiger charge is -2.09. The summed E-state index contributed by atoms with van der Waals surface area (Å²) in [6.07, 6.45) is 0. The van der Waals surface area contributed by atoms with Gasteiger partial charge in [-0.25, -0.2) is 4.98 Å². The van der Waals surface area contributed by atoms with Gasteiger partial charge in [-0.05, 0) is 48.5 Å². The molecule has 0 spiro atoms. The standard InChI is InChI=1S/C30H18N4/c31-19-20-9-8-12-22(17-20)34-28-16-7-5-14-24(28)26-18-25-23-13-4-6-15-27(23)33(29(25)32-30(26)34)21-10-2-1-3-11-21/h1-18H. The predicted molar refractivity (Wildman–Crippen MR) is 138 cm³/mol. The van der Waals surface area contributed by atoms with E-state index in [0.29, 0.717) is 5.56 Å². The van der Waals surface area contributed by atoms with Crippen molar-refractivity contribution in [3.05, 3.63) is 115 Å². The third kappa shape index (κ3) is 2.55. The topological polar surface area (TPSA) is 46.5 Å². The summed E-state index contributed by atoms with van der Waals surface area (Å²) < 4.78 is 4.40. The number of rotatable bonds is 2. The third-order valence-corrected chi connectivity index (χ3v) is 6.52. The SMILES string of the molecule is N#Cc1cccc(-n2c3ccccc3c3cc4c5ccccc5n(-c5ccccc5)c4nc32)c1. The molecule has 7 rings (SSSR count). The van der Waals surface area contributed by atoms with Crippen LogP contribution in [0.15, 0.2) is 109 Å². The number of hydrogen-bond acceptors (Lipinski definition) is 2. The van der Waals surface area contributed by atoms with E-state index in [-0.39, 0.29) is 0 Å². The highest BCUT2D eigenvalue weighted by molar-refractivity contribution is 6.16. The number of para-hydroxylation sites is 3. The number of hydrogen-bond donors (Lipinski definition) is 0. The normalized spacial score (nSPS) is 11.5. The van der Waals surface area contributed by atoms with Crippen molar-refractivity contribution < 1.29 is 0 Å². The first-order chi connectivity index (χ1) is 16.8. The number of pyridine rings is 1. The zero-order valence-corrected chi connectivity index (χ0v) is 18.2. The van der Waals surface area contributed by atoms with Gasteiger partial charge < -0.3 is 0 Å². The number of nitrogens with zero attached hydrogens (tertiary/aromatic N) is 4. The molecular formula is C30H18N4. The first-order valence-corrected chi connectivity index (χ1v) is 11.2. The maximum atomic E-state index is 9.49. The maximum absolute atomic E-state index is 9.49. The molecule has 0 aliphatic heterocycles. The van der Waals surface area contributed by atoms with Crippen LogP contribution in [0.4, 0.5) is 0 Å². The number of nitriles is 1. The molecule has 158 valence electrons. The molecule has 0 radical (unpaired) electrons. The highest BCUT2D eigenvalue weighted by Gasteiger charge is 2.19. The summed E-state index contributed by atoms with van der Waals surface area (Å²) in [6.45, 7) is 0. The highest BCUT2D eigenvalue weighted by atomic mass is 15.1. The fraction of sp³-hybridized carbons (Fsp3) is 0. The van der Waals surface area contributed by atoms with Crippen molar-refractivity contribution in [3.63, 3.8) is 0 Å². The van der Waals surface area contributed by atoms with Crippen molar-refractivity contribution in [3.8, 4) is 17.4 Å². The second-order valence-corrected chi connectivity index (χ2v) is 8.43. The van der Waals surface area contributed by atoms with Gasteiger partial charge in [0.25, 0.3) is 0 Å². The molecule has 3 aromatic heterocycles. The van der Waals surface area contributed by atoms with Crippen LogP contribution in [0.3, 0.4) is 0 Å². The van der Waals surface area contributed by atoms with Crippen molar-refractivity contribution in [1.29, 1.82) is 5.26 Å². The van der Waals surface area contributed by atoms with Gasteiger partial charge in [0, 0.05) is 32.9 Å². The molecule has 7 aromatic rings. The Morgan fingerprint density at radius 1 is 0.529 bits per heavy atom. The summed E-state index contributed by atoms with van der Waals surface area (Å²) in [5.74, 6) is 0. The molecule has 0 fully saturated rings. The van der Waals surface area contributed by atoms with E-state index in [1.807, 2.05) is 36.4 Å². The molecule has 4 heteroatoms. The van der Waals surface area contributed by atoms with E-state index in [1.165, 1.54) is 5.39 Å². The molecular weight excluding hydrogens is 416 g/mol. The van der Waals surface area contributed by atoms with Crippen molar-refractivity contribution in [1.82, 2.24) is 14.1 Å². The molecule has 0 atom stereocenters. The van der Waals surface area contributed by atoms with Crippen LogP contribution in [-0.4, -0.2) is 14.1 Å². The molecule has 4 aromatic carbocycles. The van der Waals surface area contributed by atoms with Crippen LogP contribution >= 0.6 is 0 Å². The van der Waals surface area contributed by atoms with Gasteiger partial charge in [-0.2, -0.15) is 5.26 Å². The van der Waals surface area contributed by atoms with Crippen molar-refractivity contribution in [2.24, 2.45) is 0 Å². The Morgan fingerprint density at radius 2 is 1.09 bits per heavy atom. The first kappa shape index (κ1) is 18.7. The van der Waals surface area contributed by atoms with Gasteiger partial charge in [0.1, 0.15) is 11.3 Å². The van der Waals surface area contributed by atoms with Gasteiger partial charge in [0.15, 0.2) is 0 Å². The number of fused-ring (bicyclic) bond motifs is 6. The minimum Gasteiger partial charge on any atom is -0.294 e. The molecule has 0 saturated carbocycles. The lowest BCUT2D eigenvalue weighted by molar-refractivity contribution is 1.11. The Balaban J connectivity index is 1.69. The third-order valence-electron chi connectivity index (χ3n) is 6.52. The Labute approximate surface area is 195 Å². The van der Waals surface area contributed by atoms with Gasteiger partial charge in [0.05, 0.1) is 22.7 Å². The summed E-state index contributed by atoms with van der Waals surface area (Å²) in [5.41, 5.74) is 6.63. The van der Waals surface area contributed by atoms with Crippen LogP contribution in [0.1, 0.15) is 5.56 Å². The number of benzene rings is 4. The van der Waals surface area contributed by atoms with Gasteiger partial charge >= 0.3 is 0 Å². The van der Waals surface area contributed by atoms with E-state index in [9.17, 15) is 5.26 Å². The molecule has 0 aliphatic carbocycles. The fourth-order valence-corrected chi connectivity index (χ4v) is 5.07. The minimum atomic E-state index is 0.628. The fourth-order valence-electron chi connectivity index (χ4n) is 5.07. The summed E-state index contributed by atoms with van der Waals surface area (Å²) in [6, 6.07) is 39.5. The lowest BCUT2D eigenvalue weighted by atomic mass is 10.1. The van der Waals surface area contributed by atoms with Crippen LogP contribution in [-0.2, 0) is 0 Å². The molecule has 34 heavy (non-hydrogen) atoms. The van der Waals surface area contributed by atoms with Crippen molar-refractivity contribution >= 4 is 43.9 Å². The lowest BCUT2D eigenvalue weighted by Crippen LogP contribution is -1.99. The molecule has 0 aliphatic rings. The maximum Gasteiger partial charge on any atom is 0.148 e. The predicted octanol–water partition coefficient (Wildman–Crippen LogP) is 7.15. The largest absolute Gasteiger partial charge is 0.294 e.